The summed E-state index contributed by atoms with van der Waals surface area (Å²) in [5, 5.41) is 11.3. The first-order valence-corrected chi connectivity index (χ1v) is 7.13. The summed E-state index contributed by atoms with van der Waals surface area (Å²) in [7, 11) is 3.24. The predicted octanol–water partition coefficient (Wildman–Crippen LogP) is 3.19. The zero-order valence-electron chi connectivity index (χ0n) is 12.6. The number of aliphatic hydroxyl groups is 1. The molecule has 3 rings (SSSR count). The first kappa shape index (κ1) is 14.0. The molecule has 0 bridgehead atoms. The monoisotopic (exact) mass is 284 g/mol. The summed E-state index contributed by atoms with van der Waals surface area (Å²) >= 11 is 0. The van der Waals surface area contributed by atoms with Gasteiger partial charge in [0.1, 0.15) is 17.1 Å². The average Bonchev–Trinajstić information content (AvgIpc) is 2.84. The van der Waals surface area contributed by atoms with Crippen molar-refractivity contribution in [1.82, 2.24) is 0 Å². The zero-order chi connectivity index (χ0) is 15.0. The number of benzene rings is 2. The highest BCUT2D eigenvalue weighted by Crippen LogP contribution is 2.46. The van der Waals surface area contributed by atoms with Gasteiger partial charge in [0, 0.05) is 11.6 Å². The number of rotatable bonds is 3. The molecule has 21 heavy (non-hydrogen) atoms. The molecule has 3 heteroatoms. The molecule has 0 saturated heterocycles. The van der Waals surface area contributed by atoms with Crippen LogP contribution >= 0.6 is 0 Å². The molecule has 110 valence electrons. The summed E-state index contributed by atoms with van der Waals surface area (Å²) < 4.78 is 10.7. The number of hydrogen-bond acceptors (Lipinski definition) is 3. The molecule has 0 saturated carbocycles. The normalized spacial score (nSPS) is 20.2. The van der Waals surface area contributed by atoms with Crippen molar-refractivity contribution in [1.29, 1.82) is 0 Å². The molecule has 0 radical (unpaired) electrons. The fourth-order valence-corrected chi connectivity index (χ4v) is 3.16. The molecular formula is C18H20O3. The van der Waals surface area contributed by atoms with E-state index in [1.807, 2.05) is 25.1 Å². The van der Waals surface area contributed by atoms with Crippen molar-refractivity contribution < 1.29 is 14.6 Å². The van der Waals surface area contributed by atoms with Crippen LogP contribution in [0.2, 0.25) is 0 Å². The van der Waals surface area contributed by atoms with E-state index in [4.69, 9.17) is 9.47 Å². The van der Waals surface area contributed by atoms with Crippen LogP contribution in [-0.4, -0.2) is 19.3 Å². The lowest BCUT2D eigenvalue weighted by molar-refractivity contribution is 0.0798. The van der Waals surface area contributed by atoms with E-state index in [0.717, 1.165) is 28.9 Å². The Bertz CT molecular complexity index is 678. The van der Waals surface area contributed by atoms with Gasteiger partial charge in [-0.25, -0.2) is 0 Å². The van der Waals surface area contributed by atoms with Gasteiger partial charge in [0.2, 0.25) is 0 Å². The SMILES string of the molecule is COc1ccc(C2(O)CCc3ccc(C)cc32)c(OC)c1. The van der Waals surface area contributed by atoms with Gasteiger partial charge in [-0.3, -0.25) is 0 Å². The van der Waals surface area contributed by atoms with Gasteiger partial charge in [-0.2, -0.15) is 0 Å². The maximum atomic E-state index is 11.3. The van der Waals surface area contributed by atoms with Gasteiger partial charge < -0.3 is 14.6 Å². The lowest BCUT2D eigenvalue weighted by Crippen LogP contribution is -2.24. The smallest absolute Gasteiger partial charge is 0.128 e. The van der Waals surface area contributed by atoms with Crippen LogP contribution in [0.1, 0.15) is 28.7 Å². The van der Waals surface area contributed by atoms with Crippen molar-refractivity contribution in [2.24, 2.45) is 0 Å². The molecule has 2 aromatic rings. The fraction of sp³-hybridized carbons (Fsp3) is 0.333. The Hall–Kier alpha value is -2.00. The lowest BCUT2D eigenvalue weighted by atomic mass is 9.86. The van der Waals surface area contributed by atoms with E-state index in [0.29, 0.717) is 12.2 Å². The van der Waals surface area contributed by atoms with Crippen molar-refractivity contribution in [3.05, 3.63) is 58.7 Å². The highest BCUT2D eigenvalue weighted by Gasteiger charge is 2.40. The van der Waals surface area contributed by atoms with Gasteiger partial charge in [0.05, 0.1) is 14.2 Å². The van der Waals surface area contributed by atoms with Crippen LogP contribution < -0.4 is 9.47 Å². The Balaban J connectivity index is 2.15. The molecule has 1 N–H and O–H groups in total. The second kappa shape index (κ2) is 5.08. The van der Waals surface area contributed by atoms with E-state index in [1.165, 1.54) is 5.56 Å². The van der Waals surface area contributed by atoms with E-state index in [2.05, 4.69) is 18.2 Å². The molecule has 0 fully saturated rings. The second-order valence-corrected chi connectivity index (χ2v) is 5.59. The third-order valence-electron chi connectivity index (χ3n) is 4.32. The summed E-state index contributed by atoms with van der Waals surface area (Å²) in [6, 6.07) is 11.9. The van der Waals surface area contributed by atoms with E-state index in [-0.39, 0.29) is 0 Å². The number of methoxy groups -OCH3 is 2. The van der Waals surface area contributed by atoms with Gasteiger partial charge in [0.25, 0.3) is 0 Å². The topological polar surface area (TPSA) is 38.7 Å². The Kier molecular flexibility index (Phi) is 3.38. The number of fused-ring (bicyclic) bond motifs is 1. The number of ether oxygens (including phenoxy) is 2. The molecule has 0 aliphatic heterocycles. The molecule has 1 aliphatic carbocycles. The molecule has 0 heterocycles. The molecule has 3 nitrogen and oxygen atoms in total. The molecule has 1 atom stereocenters. The van der Waals surface area contributed by atoms with Crippen molar-refractivity contribution in [3.63, 3.8) is 0 Å². The zero-order valence-corrected chi connectivity index (χ0v) is 12.6. The maximum absolute atomic E-state index is 11.3. The van der Waals surface area contributed by atoms with Gasteiger partial charge in [-0.05, 0) is 43.0 Å². The van der Waals surface area contributed by atoms with Crippen LogP contribution in [0.25, 0.3) is 0 Å². The number of hydrogen-bond donors (Lipinski definition) is 1. The summed E-state index contributed by atoms with van der Waals surface area (Å²) in [5.41, 5.74) is 3.17. The van der Waals surface area contributed by atoms with Crippen molar-refractivity contribution in [2.75, 3.05) is 14.2 Å². The van der Waals surface area contributed by atoms with E-state index in [1.54, 1.807) is 14.2 Å². The van der Waals surface area contributed by atoms with E-state index < -0.39 is 5.60 Å². The first-order valence-electron chi connectivity index (χ1n) is 7.13. The largest absolute Gasteiger partial charge is 0.497 e. The Morgan fingerprint density at radius 3 is 2.52 bits per heavy atom. The minimum atomic E-state index is -0.987. The van der Waals surface area contributed by atoms with E-state index >= 15 is 0 Å². The van der Waals surface area contributed by atoms with Crippen LogP contribution in [0.5, 0.6) is 11.5 Å². The Morgan fingerprint density at radius 2 is 1.81 bits per heavy atom. The summed E-state index contributed by atoms with van der Waals surface area (Å²) in [5.74, 6) is 1.38. The molecule has 1 unspecified atom stereocenters. The minimum Gasteiger partial charge on any atom is -0.497 e. The number of aryl methyl sites for hydroxylation is 2. The molecular weight excluding hydrogens is 264 g/mol. The van der Waals surface area contributed by atoms with Crippen molar-refractivity contribution in [3.8, 4) is 11.5 Å². The van der Waals surface area contributed by atoms with Crippen LogP contribution in [-0.2, 0) is 12.0 Å². The second-order valence-electron chi connectivity index (χ2n) is 5.59. The highest BCUT2D eigenvalue weighted by atomic mass is 16.5. The molecule has 0 spiro atoms. The Labute approximate surface area is 125 Å². The minimum absolute atomic E-state index is 0.659. The third kappa shape index (κ3) is 2.18. The van der Waals surface area contributed by atoms with Gasteiger partial charge in [-0.1, -0.05) is 23.8 Å². The maximum Gasteiger partial charge on any atom is 0.128 e. The van der Waals surface area contributed by atoms with Crippen LogP contribution in [0.4, 0.5) is 0 Å². The summed E-state index contributed by atoms with van der Waals surface area (Å²) in [4.78, 5) is 0. The highest BCUT2D eigenvalue weighted by molar-refractivity contribution is 5.53. The average molecular weight is 284 g/mol. The molecule has 0 aromatic heterocycles. The van der Waals surface area contributed by atoms with Crippen LogP contribution in [0, 0.1) is 6.92 Å². The van der Waals surface area contributed by atoms with E-state index in [9.17, 15) is 5.11 Å². The van der Waals surface area contributed by atoms with Gasteiger partial charge >= 0.3 is 0 Å². The standard InChI is InChI=1S/C18H20O3/c1-12-4-5-13-8-9-18(19,16(13)10-12)15-7-6-14(20-2)11-17(15)21-3/h4-7,10-11,19H,8-9H2,1-3H3. The summed E-state index contributed by atoms with van der Waals surface area (Å²) in [6.45, 7) is 2.05. The lowest BCUT2D eigenvalue weighted by Gasteiger charge is -2.27. The Morgan fingerprint density at radius 1 is 1.00 bits per heavy atom. The third-order valence-corrected chi connectivity index (χ3v) is 4.32. The first-order chi connectivity index (χ1) is 10.1. The van der Waals surface area contributed by atoms with Crippen molar-refractivity contribution >= 4 is 0 Å². The van der Waals surface area contributed by atoms with Gasteiger partial charge in [0.15, 0.2) is 0 Å². The predicted molar refractivity (Wildman–Crippen MR) is 82.0 cm³/mol. The van der Waals surface area contributed by atoms with Gasteiger partial charge in [-0.15, -0.1) is 0 Å². The fourth-order valence-electron chi connectivity index (χ4n) is 3.16. The summed E-state index contributed by atoms with van der Waals surface area (Å²) in [6.07, 6.45) is 1.55. The molecule has 1 aliphatic rings. The van der Waals surface area contributed by atoms with Crippen molar-refractivity contribution in [2.45, 2.75) is 25.4 Å². The quantitative estimate of drug-likeness (QED) is 0.940. The van der Waals surface area contributed by atoms with Crippen LogP contribution in [0.3, 0.4) is 0 Å². The molecule has 2 aromatic carbocycles. The van der Waals surface area contributed by atoms with Crippen LogP contribution in [0.15, 0.2) is 36.4 Å². The molecule has 0 amide bonds.